The second kappa shape index (κ2) is 10.9. The third-order valence-electron chi connectivity index (χ3n) is 5.74. The van der Waals surface area contributed by atoms with Crippen LogP contribution in [0.25, 0.3) is 0 Å². The van der Waals surface area contributed by atoms with Crippen molar-refractivity contribution in [2.24, 2.45) is 4.99 Å². The van der Waals surface area contributed by atoms with Gasteiger partial charge in [-0.1, -0.05) is 36.2 Å². The van der Waals surface area contributed by atoms with Gasteiger partial charge in [-0.15, -0.1) is 0 Å². The molecule has 0 atom stereocenters. The molecule has 1 aliphatic heterocycles. The van der Waals surface area contributed by atoms with Crippen LogP contribution in [0, 0.1) is 0 Å². The molecule has 1 aromatic carbocycles. The monoisotopic (exact) mass is 501 g/mol. The quantitative estimate of drug-likeness (QED) is 0.427. The lowest BCUT2D eigenvalue weighted by Gasteiger charge is -2.13. The molecule has 0 saturated carbocycles. The normalized spacial score (nSPS) is 12.6. The maximum absolute atomic E-state index is 13.0. The number of benzene rings is 1. The smallest absolute Gasteiger partial charge is 0.332 e. The molecular formula is C24H28ClN5O5. The summed E-state index contributed by atoms with van der Waals surface area (Å²) in [6.07, 6.45) is 3.27. The Kier molecular flexibility index (Phi) is 7.70. The number of ether oxygens (including phenoxy) is 1. The van der Waals surface area contributed by atoms with Crippen molar-refractivity contribution in [1.82, 2.24) is 19.3 Å². The summed E-state index contributed by atoms with van der Waals surface area (Å²) in [5, 5.41) is 14.2. The van der Waals surface area contributed by atoms with Crippen molar-refractivity contribution in [3.63, 3.8) is 0 Å². The van der Waals surface area contributed by atoms with Crippen LogP contribution in [0.1, 0.15) is 56.0 Å². The number of aryl methyl sites for hydroxylation is 1. The molecule has 4 rings (SSSR count). The van der Waals surface area contributed by atoms with Crippen molar-refractivity contribution in [2.45, 2.75) is 65.5 Å². The van der Waals surface area contributed by atoms with Gasteiger partial charge < -0.3 is 14.4 Å². The summed E-state index contributed by atoms with van der Waals surface area (Å²) >= 11 is 6.08. The Morgan fingerprint density at radius 3 is 2.74 bits per heavy atom. The summed E-state index contributed by atoms with van der Waals surface area (Å²) in [6.45, 7) is 5.04. The number of fused-ring (bicyclic) bond motifs is 1. The Balaban J connectivity index is 1.43. The highest BCUT2D eigenvalue weighted by atomic mass is 35.5. The molecule has 2 aromatic heterocycles. The van der Waals surface area contributed by atoms with Gasteiger partial charge in [0.25, 0.3) is 5.56 Å². The number of aliphatic imine (C=N–C) groups is 1. The summed E-state index contributed by atoms with van der Waals surface area (Å²) in [5.74, 6) is 1.80. The van der Waals surface area contributed by atoms with E-state index < -0.39 is 0 Å². The van der Waals surface area contributed by atoms with Gasteiger partial charge in [-0.3, -0.25) is 13.9 Å². The zero-order valence-electron chi connectivity index (χ0n) is 19.8. The molecule has 0 unspecified atom stereocenters. The molecule has 10 nitrogen and oxygen atoms in total. The minimum atomic E-state index is -0.374. The van der Waals surface area contributed by atoms with E-state index in [0.29, 0.717) is 66.4 Å². The van der Waals surface area contributed by atoms with Crippen molar-refractivity contribution < 1.29 is 14.4 Å². The molecule has 3 heterocycles. The third kappa shape index (κ3) is 5.48. The molecule has 0 amide bonds. The van der Waals surface area contributed by atoms with E-state index in [4.69, 9.17) is 20.9 Å². The number of nitrogens with zero attached hydrogens (tertiary/aromatic N) is 5. The van der Waals surface area contributed by atoms with Crippen molar-refractivity contribution in [3.05, 3.63) is 61.9 Å². The molecule has 3 aromatic rings. The van der Waals surface area contributed by atoms with Gasteiger partial charge in [-0.05, 0) is 37.5 Å². The summed E-state index contributed by atoms with van der Waals surface area (Å²) in [7, 11) is 0. The number of phenols is 1. The maximum atomic E-state index is 13.0. The van der Waals surface area contributed by atoms with E-state index in [-0.39, 0.29) is 30.0 Å². The van der Waals surface area contributed by atoms with Gasteiger partial charge in [0.15, 0.2) is 17.3 Å². The number of aromatic hydroxyl groups is 1. The highest BCUT2D eigenvalue weighted by Gasteiger charge is 2.24. The first-order valence-electron chi connectivity index (χ1n) is 11.8. The van der Waals surface area contributed by atoms with Crippen molar-refractivity contribution >= 4 is 22.6 Å². The maximum Gasteiger partial charge on any atom is 0.332 e. The number of hydrogen-bond donors (Lipinski definition) is 1. The van der Waals surface area contributed by atoms with Gasteiger partial charge in [-0.25, -0.2) is 9.79 Å². The van der Waals surface area contributed by atoms with Crippen LogP contribution in [-0.4, -0.2) is 36.2 Å². The van der Waals surface area contributed by atoms with E-state index in [1.54, 1.807) is 22.8 Å². The number of hydrogen-bond acceptors (Lipinski definition) is 8. The second-order valence-corrected chi connectivity index (χ2v) is 8.77. The second-order valence-electron chi connectivity index (χ2n) is 8.33. The number of halogens is 1. The fourth-order valence-electron chi connectivity index (χ4n) is 4.02. The Morgan fingerprint density at radius 2 is 1.97 bits per heavy atom. The van der Waals surface area contributed by atoms with Gasteiger partial charge in [-0.2, -0.15) is 4.98 Å². The van der Waals surface area contributed by atoms with Gasteiger partial charge in [0.1, 0.15) is 11.0 Å². The van der Waals surface area contributed by atoms with E-state index in [1.807, 2.05) is 13.8 Å². The van der Waals surface area contributed by atoms with Gasteiger partial charge in [0.05, 0.1) is 12.2 Å². The minimum absolute atomic E-state index is 0.0776. The molecule has 35 heavy (non-hydrogen) atoms. The van der Waals surface area contributed by atoms with Crippen LogP contribution in [0.3, 0.4) is 0 Å². The Bertz CT molecular complexity index is 1360. The Hall–Kier alpha value is -3.40. The molecule has 0 aliphatic carbocycles. The molecule has 0 bridgehead atoms. The standard InChI is InChI=1S/C24H28ClN5O5/c1-3-5-10-29-22-16(14-19(25)26-22)23(32)30(24(29)33)11-6-7-21-27-20(28-35-21)13-15-8-9-17(31)18(12-15)34-4-2/h8-9,12,31H,3-7,10-11,13-14H2,1-2H3. The molecule has 0 radical (unpaired) electrons. The van der Waals surface area contributed by atoms with Crippen molar-refractivity contribution in [2.75, 3.05) is 6.61 Å². The van der Waals surface area contributed by atoms with Crippen LogP contribution in [0.15, 0.2) is 37.3 Å². The summed E-state index contributed by atoms with van der Waals surface area (Å²) in [5.41, 5.74) is 0.615. The molecule has 0 fully saturated rings. The van der Waals surface area contributed by atoms with E-state index in [1.165, 1.54) is 4.57 Å². The highest BCUT2D eigenvalue weighted by Crippen LogP contribution is 2.27. The molecule has 0 saturated heterocycles. The minimum Gasteiger partial charge on any atom is -0.504 e. The fourth-order valence-corrected chi connectivity index (χ4v) is 4.23. The lowest BCUT2D eigenvalue weighted by atomic mass is 10.1. The number of aromatic nitrogens is 4. The van der Waals surface area contributed by atoms with Crippen LogP contribution in [-0.2, 0) is 32.4 Å². The first-order valence-corrected chi connectivity index (χ1v) is 12.1. The average molecular weight is 502 g/mol. The predicted octanol–water partition coefficient (Wildman–Crippen LogP) is 3.35. The predicted molar refractivity (Wildman–Crippen MR) is 131 cm³/mol. The average Bonchev–Trinajstić information content (AvgIpc) is 3.44. The topological polar surface area (TPSA) is 125 Å². The Labute approximate surface area is 206 Å². The SMILES string of the molecule is CCCCn1c2c(c(=O)n(CCCc3nc(Cc4ccc(O)c(OCC)c4)no3)c1=O)CC(Cl)=N2. The zero-order chi connectivity index (χ0) is 24.9. The van der Waals surface area contributed by atoms with E-state index in [0.717, 1.165) is 18.4 Å². The highest BCUT2D eigenvalue weighted by molar-refractivity contribution is 6.66. The van der Waals surface area contributed by atoms with Crippen LogP contribution in [0.4, 0.5) is 5.82 Å². The number of phenolic OH excluding ortho intramolecular Hbond substituents is 1. The van der Waals surface area contributed by atoms with E-state index >= 15 is 0 Å². The lowest BCUT2D eigenvalue weighted by Crippen LogP contribution is -2.41. The van der Waals surface area contributed by atoms with Crippen molar-refractivity contribution in [1.29, 1.82) is 0 Å². The molecular weight excluding hydrogens is 474 g/mol. The third-order valence-corrected chi connectivity index (χ3v) is 5.96. The fraction of sp³-hybridized carbons (Fsp3) is 0.458. The largest absolute Gasteiger partial charge is 0.504 e. The first-order chi connectivity index (χ1) is 16.9. The molecule has 1 N–H and O–H groups in total. The van der Waals surface area contributed by atoms with Gasteiger partial charge in [0.2, 0.25) is 5.89 Å². The van der Waals surface area contributed by atoms with E-state index in [9.17, 15) is 14.7 Å². The summed E-state index contributed by atoms with van der Waals surface area (Å²) in [4.78, 5) is 34.6. The summed E-state index contributed by atoms with van der Waals surface area (Å²) < 4.78 is 13.6. The molecule has 0 spiro atoms. The van der Waals surface area contributed by atoms with Gasteiger partial charge >= 0.3 is 5.69 Å². The van der Waals surface area contributed by atoms with Crippen LogP contribution in [0.2, 0.25) is 0 Å². The van der Waals surface area contributed by atoms with Crippen LogP contribution in [0.5, 0.6) is 11.5 Å². The number of rotatable bonds is 11. The van der Waals surface area contributed by atoms with Crippen LogP contribution < -0.4 is 16.0 Å². The zero-order valence-corrected chi connectivity index (χ0v) is 20.5. The molecule has 11 heteroatoms. The van der Waals surface area contributed by atoms with Crippen molar-refractivity contribution in [3.8, 4) is 11.5 Å². The number of unbranched alkanes of at least 4 members (excludes halogenated alkanes) is 1. The Morgan fingerprint density at radius 1 is 1.17 bits per heavy atom. The molecule has 1 aliphatic rings. The van der Waals surface area contributed by atoms with Crippen LogP contribution >= 0.6 is 11.6 Å². The molecule has 186 valence electrons. The van der Waals surface area contributed by atoms with E-state index in [2.05, 4.69) is 15.1 Å². The van der Waals surface area contributed by atoms with Gasteiger partial charge in [0, 0.05) is 32.4 Å². The lowest BCUT2D eigenvalue weighted by molar-refractivity contribution is 0.318. The first kappa shape index (κ1) is 24.7. The summed E-state index contributed by atoms with van der Waals surface area (Å²) in [6, 6.07) is 5.09.